The predicted octanol–water partition coefficient (Wildman–Crippen LogP) is 1.21. The lowest BCUT2D eigenvalue weighted by atomic mass is 10.3. The summed E-state index contributed by atoms with van der Waals surface area (Å²) in [6, 6.07) is 3.58. The second-order valence-electron chi connectivity index (χ2n) is 3.07. The molecule has 1 fully saturated rings. The molecule has 2 heterocycles. The van der Waals surface area contributed by atoms with Gasteiger partial charge in [0.1, 0.15) is 0 Å². The number of hydrogen-bond acceptors (Lipinski definition) is 3. The number of aromatic nitrogens is 1. The number of hydrogen-bond donors (Lipinski definition) is 1. The number of pyridine rings is 1. The number of rotatable bonds is 1. The third kappa shape index (κ3) is 2.76. The van der Waals surface area contributed by atoms with Crippen molar-refractivity contribution < 1.29 is 9.90 Å². The third-order valence-electron chi connectivity index (χ3n) is 2.06. The van der Waals surface area contributed by atoms with E-state index in [9.17, 15) is 9.90 Å². The van der Waals surface area contributed by atoms with Gasteiger partial charge in [-0.3, -0.25) is 9.78 Å². The lowest BCUT2D eigenvalue weighted by Gasteiger charge is -2.14. The van der Waals surface area contributed by atoms with E-state index in [2.05, 4.69) is 4.98 Å². The maximum Gasteiger partial charge on any atom is 0.229 e. The van der Waals surface area contributed by atoms with Gasteiger partial charge in [-0.1, -0.05) is 13.8 Å². The van der Waals surface area contributed by atoms with E-state index in [1.165, 1.54) is 0 Å². The first kappa shape index (κ1) is 11.7. The predicted molar refractivity (Wildman–Crippen MR) is 58.6 cm³/mol. The number of aliphatic hydroxyl groups is 1. The Morgan fingerprint density at radius 2 is 2.27 bits per heavy atom. The van der Waals surface area contributed by atoms with Crippen LogP contribution in [0.5, 0.6) is 0 Å². The Kier molecular flexibility index (Phi) is 4.24. The SMILES string of the molecule is CC.O=C1CC(O)CN1c1cccnc1. The molecule has 0 spiro atoms. The minimum Gasteiger partial charge on any atom is -0.391 e. The van der Waals surface area contributed by atoms with E-state index in [0.717, 1.165) is 5.69 Å². The molecule has 1 saturated heterocycles. The summed E-state index contributed by atoms with van der Waals surface area (Å²) < 4.78 is 0. The summed E-state index contributed by atoms with van der Waals surface area (Å²) in [5.41, 5.74) is 0.754. The number of amides is 1. The van der Waals surface area contributed by atoms with E-state index >= 15 is 0 Å². The molecule has 0 aromatic carbocycles. The summed E-state index contributed by atoms with van der Waals surface area (Å²) in [5, 5.41) is 9.25. The summed E-state index contributed by atoms with van der Waals surface area (Å²) in [6.45, 7) is 4.38. The van der Waals surface area contributed by atoms with Gasteiger partial charge in [0.05, 0.1) is 31.0 Å². The Morgan fingerprint density at radius 3 is 2.73 bits per heavy atom. The summed E-state index contributed by atoms with van der Waals surface area (Å²) >= 11 is 0. The van der Waals surface area contributed by atoms with Crippen LogP contribution in [0.3, 0.4) is 0 Å². The highest BCUT2D eigenvalue weighted by Gasteiger charge is 2.28. The molecule has 1 N–H and O–H groups in total. The molecule has 0 radical (unpaired) electrons. The molecule has 0 aliphatic carbocycles. The molecular weight excluding hydrogens is 192 g/mol. The van der Waals surface area contributed by atoms with Crippen LogP contribution in [-0.2, 0) is 4.79 Å². The Hall–Kier alpha value is -1.42. The van der Waals surface area contributed by atoms with Crippen molar-refractivity contribution in [3.63, 3.8) is 0 Å². The maximum absolute atomic E-state index is 11.3. The van der Waals surface area contributed by atoms with Crippen LogP contribution in [-0.4, -0.2) is 28.6 Å². The van der Waals surface area contributed by atoms with Crippen LogP contribution in [0.4, 0.5) is 5.69 Å². The van der Waals surface area contributed by atoms with Crippen molar-refractivity contribution in [1.29, 1.82) is 0 Å². The van der Waals surface area contributed by atoms with E-state index in [0.29, 0.717) is 6.54 Å². The third-order valence-corrected chi connectivity index (χ3v) is 2.06. The molecule has 0 bridgehead atoms. The molecule has 1 aliphatic rings. The smallest absolute Gasteiger partial charge is 0.229 e. The molecule has 1 atom stereocenters. The molecule has 15 heavy (non-hydrogen) atoms. The van der Waals surface area contributed by atoms with Gasteiger partial charge in [0.2, 0.25) is 5.91 Å². The van der Waals surface area contributed by atoms with Crippen LogP contribution in [0.1, 0.15) is 20.3 Å². The van der Waals surface area contributed by atoms with Gasteiger partial charge in [-0.15, -0.1) is 0 Å². The molecule has 2 rings (SSSR count). The number of nitrogens with zero attached hydrogens (tertiary/aromatic N) is 2. The zero-order valence-corrected chi connectivity index (χ0v) is 9.05. The zero-order valence-electron chi connectivity index (χ0n) is 9.05. The molecule has 4 heteroatoms. The van der Waals surface area contributed by atoms with E-state index in [4.69, 9.17) is 0 Å². The number of aliphatic hydroxyl groups excluding tert-OH is 1. The lowest BCUT2D eigenvalue weighted by Crippen LogP contribution is -2.25. The number of carbonyl (C=O) groups excluding carboxylic acids is 1. The molecular formula is C11H16N2O2. The summed E-state index contributed by atoms with van der Waals surface area (Å²) in [7, 11) is 0. The highest BCUT2D eigenvalue weighted by Crippen LogP contribution is 2.19. The quantitative estimate of drug-likeness (QED) is 0.754. The average molecular weight is 208 g/mol. The molecule has 1 aromatic heterocycles. The van der Waals surface area contributed by atoms with Gasteiger partial charge in [0.25, 0.3) is 0 Å². The van der Waals surface area contributed by atoms with Gasteiger partial charge in [-0.05, 0) is 12.1 Å². The zero-order chi connectivity index (χ0) is 11.3. The molecule has 1 aliphatic heterocycles. The minimum absolute atomic E-state index is 0.0412. The van der Waals surface area contributed by atoms with Gasteiger partial charge >= 0.3 is 0 Å². The monoisotopic (exact) mass is 208 g/mol. The summed E-state index contributed by atoms with van der Waals surface area (Å²) in [6.07, 6.45) is 2.96. The van der Waals surface area contributed by atoms with Crippen LogP contribution < -0.4 is 4.90 Å². The van der Waals surface area contributed by atoms with E-state index in [1.54, 1.807) is 23.4 Å². The first-order valence-corrected chi connectivity index (χ1v) is 5.16. The van der Waals surface area contributed by atoms with Gasteiger partial charge in [-0.25, -0.2) is 0 Å². The fourth-order valence-corrected chi connectivity index (χ4v) is 1.45. The van der Waals surface area contributed by atoms with Gasteiger partial charge in [0.15, 0.2) is 0 Å². The standard InChI is InChI=1S/C9H10N2O2.C2H6/c12-8-4-9(13)11(6-8)7-2-1-3-10-5-7;1-2/h1-3,5,8,12H,4,6H2;1-2H3. The normalized spacial score (nSPS) is 19.8. The Labute approximate surface area is 89.6 Å². The van der Waals surface area contributed by atoms with Crippen molar-refractivity contribution in [2.75, 3.05) is 11.4 Å². The highest BCUT2D eigenvalue weighted by atomic mass is 16.3. The fourth-order valence-electron chi connectivity index (χ4n) is 1.45. The topological polar surface area (TPSA) is 53.4 Å². The summed E-state index contributed by atoms with van der Waals surface area (Å²) in [4.78, 5) is 16.8. The van der Waals surface area contributed by atoms with E-state index < -0.39 is 6.10 Å². The number of anilines is 1. The average Bonchev–Trinajstić information content (AvgIpc) is 2.62. The number of β-amino-alcohol motifs (C(OH)–C–C–N with tert-alkyl or cyclic N) is 1. The van der Waals surface area contributed by atoms with E-state index in [-0.39, 0.29) is 12.3 Å². The molecule has 1 amide bonds. The first-order chi connectivity index (χ1) is 7.27. The van der Waals surface area contributed by atoms with Crippen molar-refractivity contribution in [3.8, 4) is 0 Å². The molecule has 1 unspecified atom stereocenters. The Balaban J connectivity index is 0.000000531. The van der Waals surface area contributed by atoms with Gasteiger partial charge in [0, 0.05) is 6.20 Å². The number of carbonyl (C=O) groups is 1. The largest absolute Gasteiger partial charge is 0.391 e. The summed E-state index contributed by atoms with van der Waals surface area (Å²) in [5.74, 6) is -0.0412. The molecule has 0 saturated carbocycles. The second-order valence-corrected chi connectivity index (χ2v) is 3.07. The molecule has 1 aromatic rings. The Bertz CT molecular complexity index is 314. The van der Waals surface area contributed by atoms with Gasteiger partial charge < -0.3 is 10.0 Å². The first-order valence-electron chi connectivity index (χ1n) is 5.16. The molecule has 82 valence electrons. The van der Waals surface area contributed by atoms with Crippen molar-refractivity contribution >= 4 is 11.6 Å². The molecule has 4 nitrogen and oxygen atoms in total. The second kappa shape index (κ2) is 5.46. The maximum atomic E-state index is 11.3. The van der Waals surface area contributed by atoms with Crippen molar-refractivity contribution in [2.24, 2.45) is 0 Å². The van der Waals surface area contributed by atoms with Crippen LogP contribution >= 0.6 is 0 Å². The van der Waals surface area contributed by atoms with E-state index in [1.807, 2.05) is 19.9 Å². The fraction of sp³-hybridized carbons (Fsp3) is 0.455. The van der Waals surface area contributed by atoms with Crippen LogP contribution in [0.2, 0.25) is 0 Å². The van der Waals surface area contributed by atoms with Crippen molar-refractivity contribution in [2.45, 2.75) is 26.4 Å². The minimum atomic E-state index is -0.535. The Morgan fingerprint density at radius 1 is 1.53 bits per heavy atom. The van der Waals surface area contributed by atoms with Crippen LogP contribution in [0.25, 0.3) is 0 Å². The van der Waals surface area contributed by atoms with Crippen LogP contribution in [0, 0.1) is 0 Å². The van der Waals surface area contributed by atoms with Crippen molar-refractivity contribution in [1.82, 2.24) is 4.98 Å². The van der Waals surface area contributed by atoms with Crippen LogP contribution in [0.15, 0.2) is 24.5 Å². The highest BCUT2D eigenvalue weighted by molar-refractivity contribution is 5.95. The van der Waals surface area contributed by atoms with Crippen molar-refractivity contribution in [3.05, 3.63) is 24.5 Å². The van der Waals surface area contributed by atoms with Gasteiger partial charge in [-0.2, -0.15) is 0 Å². The lowest BCUT2D eigenvalue weighted by molar-refractivity contribution is -0.117.